The van der Waals surface area contributed by atoms with Crippen molar-refractivity contribution < 1.29 is 11.3 Å². The fourth-order valence-corrected chi connectivity index (χ4v) is 1.07. The van der Waals surface area contributed by atoms with Gasteiger partial charge in [-0.05, 0) is 12.8 Å². The number of rotatable bonds is 7. The van der Waals surface area contributed by atoms with Crippen molar-refractivity contribution in [2.45, 2.75) is 44.7 Å². The van der Waals surface area contributed by atoms with Crippen LogP contribution in [0.5, 0.6) is 0 Å². The normalized spacial score (nSPS) is 17.1. The van der Waals surface area contributed by atoms with Crippen LogP contribution in [0.15, 0.2) is 0 Å². The third kappa shape index (κ3) is 6.05. The first kappa shape index (κ1) is 12.0. The van der Waals surface area contributed by atoms with Gasteiger partial charge >= 0.3 is 0 Å². The molecule has 0 heterocycles. The summed E-state index contributed by atoms with van der Waals surface area (Å²) in [6.45, 7) is 2.14. The zero-order valence-electron chi connectivity index (χ0n) is 9.99. The Hall–Kier alpha value is -1.12. The second-order valence-corrected chi connectivity index (χ2v) is 3.28. The van der Waals surface area contributed by atoms with Gasteiger partial charge < -0.3 is 16.2 Å². The number of carbonyl (C=O) groups excluding carboxylic acids is 1. The molecular formula is C10H19N3O2. The van der Waals surface area contributed by atoms with Crippen molar-refractivity contribution in [2.24, 2.45) is 5.73 Å². The molecule has 0 bridgehead atoms. The Morgan fingerprint density at radius 2 is 2.47 bits per heavy atom. The monoisotopic (exact) mass is 214 g/mol. The highest BCUT2D eigenvalue weighted by Crippen LogP contribution is 1.99. The lowest BCUT2D eigenvalue weighted by Crippen LogP contribution is -2.46. The van der Waals surface area contributed by atoms with E-state index >= 15 is 0 Å². The average Bonchev–Trinajstić information content (AvgIpc) is 2.23. The fourth-order valence-electron chi connectivity index (χ4n) is 1.07. The Labute approximate surface area is 91.7 Å². The first-order chi connectivity index (χ1) is 7.45. The third-order valence-electron chi connectivity index (χ3n) is 1.90. The smallest absolute Gasteiger partial charge is 0.250 e. The highest BCUT2D eigenvalue weighted by molar-refractivity contribution is 5.81. The maximum absolute atomic E-state index is 11.4. The average molecular weight is 214 g/mol. The first-order valence-corrected chi connectivity index (χ1v) is 5.07. The molecule has 4 N–H and O–H groups in total. The predicted octanol–water partition coefficient (Wildman–Crippen LogP) is -0.105. The second kappa shape index (κ2) is 8.21. The molecule has 2 atom stereocenters. The van der Waals surface area contributed by atoms with Crippen molar-refractivity contribution >= 4 is 5.91 Å². The molecule has 0 aliphatic rings. The number of carbonyl (C=O) groups is 1. The van der Waals surface area contributed by atoms with Gasteiger partial charge in [0.25, 0.3) is 0 Å². The highest BCUT2D eigenvalue weighted by atomic mass is 16.3. The zero-order valence-corrected chi connectivity index (χ0v) is 8.99. The minimum atomic E-state index is -1.64. The Balaban J connectivity index is 4.03. The van der Waals surface area contributed by atoms with Gasteiger partial charge in [-0.25, -0.2) is 0 Å². The number of hydrogen-bond acceptors (Lipinski definition) is 4. The summed E-state index contributed by atoms with van der Waals surface area (Å²) in [5.74, 6) is -0.649. The van der Waals surface area contributed by atoms with Gasteiger partial charge in [-0.1, -0.05) is 13.3 Å². The van der Waals surface area contributed by atoms with Crippen molar-refractivity contribution in [3.05, 3.63) is 0 Å². The molecule has 0 rings (SSSR count). The summed E-state index contributed by atoms with van der Waals surface area (Å²) in [7, 11) is 0. The Morgan fingerprint density at radius 1 is 1.80 bits per heavy atom. The van der Waals surface area contributed by atoms with E-state index in [9.17, 15) is 9.90 Å². The van der Waals surface area contributed by atoms with Crippen LogP contribution in [-0.4, -0.2) is 29.7 Å². The second-order valence-electron chi connectivity index (χ2n) is 3.28. The van der Waals surface area contributed by atoms with E-state index in [1.807, 2.05) is 13.0 Å². The van der Waals surface area contributed by atoms with Gasteiger partial charge in [0.15, 0.2) is 0 Å². The van der Waals surface area contributed by atoms with Crippen LogP contribution in [0.1, 0.15) is 34.0 Å². The van der Waals surface area contributed by atoms with Crippen LogP contribution in [0.3, 0.4) is 0 Å². The van der Waals surface area contributed by atoms with Gasteiger partial charge in [0.1, 0.15) is 6.10 Å². The number of nitrogens with one attached hydrogen (secondary N) is 1. The van der Waals surface area contributed by atoms with E-state index in [4.69, 9.17) is 12.4 Å². The van der Waals surface area contributed by atoms with Crippen LogP contribution < -0.4 is 11.1 Å². The van der Waals surface area contributed by atoms with Crippen molar-refractivity contribution in [1.82, 2.24) is 5.32 Å². The molecule has 0 saturated carbocycles. The minimum absolute atomic E-state index is 0.250. The molecule has 0 unspecified atom stereocenters. The molecule has 0 saturated heterocycles. The predicted molar refractivity (Wildman–Crippen MR) is 56.7 cm³/mol. The number of aliphatic hydroxyl groups excluding tert-OH is 1. The van der Waals surface area contributed by atoms with Crippen LogP contribution in [-0.2, 0) is 4.79 Å². The lowest BCUT2D eigenvalue weighted by atomic mass is 10.1. The van der Waals surface area contributed by atoms with Gasteiger partial charge in [-0.2, -0.15) is 5.26 Å². The standard InChI is InChI=1S/C10H19N3O2/c1-2-5-8(12)9(14)10(15)13-7-4-3-6-11/h8-9,14H,2-5,7,12H2,1H3,(H,13,15)/t8-,9-/m0/s1/i8D. The summed E-state index contributed by atoms with van der Waals surface area (Å²) in [6.07, 6.45) is 0.214. The van der Waals surface area contributed by atoms with Gasteiger partial charge in [-0.3, -0.25) is 4.79 Å². The zero-order chi connectivity index (χ0) is 12.6. The van der Waals surface area contributed by atoms with Crippen molar-refractivity contribution in [3.8, 4) is 6.07 Å². The van der Waals surface area contributed by atoms with Gasteiger partial charge in [0, 0.05) is 20.4 Å². The molecule has 1 amide bonds. The van der Waals surface area contributed by atoms with Crippen molar-refractivity contribution in [3.63, 3.8) is 0 Å². The molecule has 0 aromatic carbocycles. The lowest BCUT2D eigenvalue weighted by molar-refractivity contribution is -0.130. The SMILES string of the molecule is [2H][C@](N)(CCC)[C@H](O)C(=O)NCCCC#N. The number of nitrogens with two attached hydrogens (primary N) is 1. The molecule has 0 aromatic heterocycles. The summed E-state index contributed by atoms with van der Waals surface area (Å²) in [5.41, 5.74) is 5.51. The van der Waals surface area contributed by atoms with E-state index in [-0.39, 0.29) is 6.42 Å². The first-order valence-electron chi connectivity index (χ1n) is 5.57. The summed E-state index contributed by atoms with van der Waals surface area (Å²) >= 11 is 0. The molecule has 5 nitrogen and oxygen atoms in total. The number of unbranched alkanes of at least 4 members (excludes halogenated alkanes) is 1. The van der Waals surface area contributed by atoms with Crippen LogP contribution in [0, 0.1) is 11.3 Å². The van der Waals surface area contributed by atoms with Crippen LogP contribution >= 0.6 is 0 Å². The molecule has 0 spiro atoms. The molecule has 0 fully saturated rings. The molecule has 0 aromatic rings. The summed E-state index contributed by atoms with van der Waals surface area (Å²) in [5, 5.41) is 20.3. The largest absolute Gasteiger partial charge is 0.382 e. The van der Waals surface area contributed by atoms with Gasteiger partial charge in [0.2, 0.25) is 5.91 Å². The number of nitriles is 1. The molecular weight excluding hydrogens is 194 g/mol. The molecule has 0 radical (unpaired) electrons. The summed E-state index contributed by atoms with van der Waals surface area (Å²) < 4.78 is 7.59. The van der Waals surface area contributed by atoms with Crippen LogP contribution in [0.2, 0.25) is 0 Å². The number of hydrogen-bond donors (Lipinski definition) is 3. The summed E-state index contributed by atoms with van der Waals surface area (Å²) in [4.78, 5) is 11.4. The molecule has 0 aliphatic heterocycles. The highest BCUT2D eigenvalue weighted by Gasteiger charge is 2.21. The van der Waals surface area contributed by atoms with Crippen LogP contribution in [0.4, 0.5) is 0 Å². The maximum Gasteiger partial charge on any atom is 0.250 e. The van der Waals surface area contributed by atoms with E-state index in [1.54, 1.807) is 0 Å². The van der Waals surface area contributed by atoms with Crippen LogP contribution in [0.25, 0.3) is 0 Å². The van der Waals surface area contributed by atoms with E-state index in [1.165, 1.54) is 0 Å². The number of nitrogens with zero attached hydrogens (tertiary/aromatic N) is 1. The van der Waals surface area contributed by atoms with Crippen molar-refractivity contribution in [2.75, 3.05) is 6.54 Å². The Kier molecular flexibility index (Phi) is 6.54. The lowest BCUT2D eigenvalue weighted by Gasteiger charge is -2.17. The topological polar surface area (TPSA) is 99.1 Å². The van der Waals surface area contributed by atoms with Crippen molar-refractivity contribution in [1.29, 1.82) is 5.26 Å². The van der Waals surface area contributed by atoms with E-state index in [0.29, 0.717) is 25.8 Å². The molecule has 0 aliphatic carbocycles. The van der Waals surface area contributed by atoms with E-state index < -0.39 is 18.0 Å². The minimum Gasteiger partial charge on any atom is -0.382 e. The number of amides is 1. The maximum atomic E-state index is 11.4. The Bertz CT molecular complexity index is 263. The Morgan fingerprint density at radius 3 is 3.00 bits per heavy atom. The quantitative estimate of drug-likeness (QED) is 0.515. The number of aliphatic hydroxyl groups is 1. The molecule has 15 heavy (non-hydrogen) atoms. The third-order valence-corrected chi connectivity index (χ3v) is 1.90. The molecule has 86 valence electrons. The van der Waals surface area contributed by atoms with E-state index in [0.717, 1.165) is 0 Å². The summed E-state index contributed by atoms with van der Waals surface area (Å²) in [6, 6.07) is 0.301. The van der Waals surface area contributed by atoms with Gasteiger partial charge in [0.05, 0.1) is 6.07 Å². The van der Waals surface area contributed by atoms with E-state index in [2.05, 4.69) is 5.32 Å². The molecule has 5 heteroatoms. The van der Waals surface area contributed by atoms with Gasteiger partial charge in [-0.15, -0.1) is 0 Å². The fraction of sp³-hybridized carbons (Fsp3) is 0.800.